The van der Waals surface area contributed by atoms with Gasteiger partial charge in [0.25, 0.3) is 0 Å². The van der Waals surface area contributed by atoms with Crippen LogP contribution in [0.2, 0.25) is 0 Å². The highest BCUT2D eigenvalue weighted by molar-refractivity contribution is 14.0. The van der Waals surface area contributed by atoms with Crippen molar-refractivity contribution in [3.05, 3.63) is 30.3 Å². The molecule has 1 aromatic carbocycles. The third-order valence-corrected chi connectivity index (χ3v) is 5.30. The number of carbonyl (C=O) groups is 2. The first-order valence-corrected chi connectivity index (χ1v) is 9.87. The van der Waals surface area contributed by atoms with Crippen LogP contribution >= 0.6 is 24.0 Å². The van der Waals surface area contributed by atoms with E-state index in [9.17, 15) is 9.59 Å². The largest absolute Gasteiger partial charge is 0.355 e. The van der Waals surface area contributed by atoms with Crippen molar-refractivity contribution >= 4 is 47.4 Å². The van der Waals surface area contributed by atoms with Crippen LogP contribution in [0.3, 0.4) is 0 Å². The SMILES string of the molecule is CN=C(NCCN1CCN(C(C)=O)CC1)NC1CC(=O)N(c2ccccc2)C1.I. The fourth-order valence-electron chi connectivity index (χ4n) is 3.67. The number of benzene rings is 1. The normalized spacial score (nSPS) is 20.4. The second-order valence-electron chi connectivity index (χ2n) is 7.23. The predicted octanol–water partition coefficient (Wildman–Crippen LogP) is 0.739. The van der Waals surface area contributed by atoms with E-state index < -0.39 is 0 Å². The molecule has 0 aliphatic carbocycles. The van der Waals surface area contributed by atoms with Gasteiger partial charge in [-0.3, -0.25) is 19.5 Å². The molecule has 2 heterocycles. The van der Waals surface area contributed by atoms with Crippen molar-refractivity contribution in [2.45, 2.75) is 19.4 Å². The predicted molar refractivity (Wildman–Crippen MR) is 126 cm³/mol. The molecule has 1 unspecified atom stereocenters. The molecule has 0 aromatic heterocycles. The number of nitrogens with one attached hydrogen (secondary N) is 2. The molecule has 1 atom stereocenters. The van der Waals surface area contributed by atoms with Gasteiger partial charge in [0.15, 0.2) is 5.96 Å². The zero-order valence-corrected chi connectivity index (χ0v) is 19.5. The second-order valence-corrected chi connectivity index (χ2v) is 7.23. The average molecular weight is 514 g/mol. The van der Waals surface area contributed by atoms with Gasteiger partial charge in [0, 0.05) is 71.9 Å². The lowest BCUT2D eigenvalue weighted by Gasteiger charge is -2.34. The van der Waals surface area contributed by atoms with Gasteiger partial charge in [0.05, 0.1) is 6.04 Å². The molecule has 2 fully saturated rings. The average Bonchev–Trinajstić information content (AvgIpc) is 3.08. The first-order chi connectivity index (χ1) is 13.6. The number of halogens is 1. The molecule has 2 aliphatic rings. The number of para-hydroxylation sites is 1. The number of guanidine groups is 1. The van der Waals surface area contributed by atoms with Crippen molar-refractivity contribution in [3.63, 3.8) is 0 Å². The van der Waals surface area contributed by atoms with E-state index in [0.717, 1.165) is 50.9 Å². The zero-order chi connectivity index (χ0) is 19.9. The number of carbonyl (C=O) groups excluding carboxylic acids is 2. The number of anilines is 1. The summed E-state index contributed by atoms with van der Waals surface area (Å²) in [6, 6.07) is 9.79. The van der Waals surface area contributed by atoms with Gasteiger partial charge in [-0.05, 0) is 12.1 Å². The van der Waals surface area contributed by atoms with Crippen molar-refractivity contribution in [2.24, 2.45) is 4.99 Å². The highest BCUT2D eigenvalue weighted by Gasteiger charge is 2.31. The summed E-state index contributed by atoms with van der Waals surface area (Å²) in [7, 11) is 1.74. The Hall–Kier alpha value is -1.88. The molecule has 3 rings (SSSR count). The lowest BCUT2D eigenvalue weighted by molar-refractivity contribution is -0.130. The monoisotopic (exact) mass is 514 g/mol. The van der Waals surface area contributed by atoms with Crippen LogP contribution in [0.25, 0.3) is 0 Å². The quantitative estimate of drug-likeness (QED) is 0.345. The molecule has 160 valence electrons. The first kappa shape index (κ1) is 23.4. The fourth-order valence-corrected chi connectivity index (χ4v) is 3.67. The van der Waals surface area contributed by atoms with Crippen LogP contribution in [-0.2, 0) is 9.59 Å². The van der Waals surface area contributed by atoms with E-state index in [1.54, 1.807) is 14.0 Å². The van der Waals surface area contributed by atoms with E-state index >= 15 is 0 Å². The lowest BCUT2D eigenvalue weighted by atomic mass is 10.2. The number of amides is 2. The van der Waals surface area contributed by atoms with Gasteiger partial charge in [0.1, 0.15) is 0 Å². The van der Waals surface area contributed by atoms with Crippen LogP contribution in [0.15, 0.2) is 35.3 Å². The molecule has 2 saturated heterocycles. The van der Waals surface area contributed by atoms with E-state index in [0.29, 0.717) is 13.0 Å². The third kappa shape index (κ3) is 6.56. The van der Waals surface area contributed by atoms with E-state index in [2.05, 4.69) is 20.5 Å². The summed E-state index contributed by atoms with van der Waals surface area (Å²) in [5, 5.41) is 6.69. The summed E-state index contributed by atoms with van der Waals surface area (Å²) in [4.78, 5) is 34.1. The van der Waals surface area contributed by atoms with E-state index in [4.69, 9.17) is 0 Å². The molecule has 0 bridgehead atoms. The van der Waals surface area contributed by atoms with Crippen LogP contribution in [-0.4, -0.2) is 86.5 Å². The fraction of sp³-hybridized carbons (Fsp3) is 0.550. The number of hydrogen-bond acceptors (Lipinski definition) is 4. The lowest BCUT2D eigenvalue weighted by Crippen LogP contribution is -2.51. The van der Waals surface area contributed by atoms with Crippen LogP contribution < -0.4 is 15.5 Å². The van der Waals surface area contributed by atoms with Crippen molar-refractivity contribution < 1.29 is 9.59 Å². The Kier molecular flexibility index (Phi) is 9.15. The minimum absolute atomic E-state index is 0. The summed E-state index contributed by atoms with van der Waals surface area (Å²) in [6.45, 7) is 7.31. The number of piperazine rings is 1. The summed E-state index contributed by atoms with van der Waals surface area (Å²) in [5.41, 5.74) is 0.935. The van der Waals surface area contributed by atoms with Crippen molar-refractivity contribution in [1.29, 1.82) is 0 Å². The van der Waals surface area contributed by atoms with Crippen molar-refractivity contribution in [2.75, 3.05) is 57.8 Å². The van der Waals surface area contributed by atoms with E-state index in [1.807, 2.05) is 40.1 Å². The summed E-state index contributed by atoms with van der Waals surface area (Å²) in [6.07, 6.45) is 0.461. The molecule has 0 radical (unpaired) electrons. The van der Waals surface area contributed by atoms with Crippen molar-refractivity contribution in [3.8, 4) is 0 Å². The first-order valence-electron chi connectivity index (χ1n) is 9.87. The molecule has 9 heteroatoms. The molecule has 29 heavy (non-hydrogen) atoms. The number of nitrogens with zero attached hydrogens (tertiary/aromatic N) is 4. The van der Waals surface area contributed by atoms with E-state index in [1.165, 1.54) is 0 Å². The molecule has 0 spiro atoms. The van der Waals surface area contributed by atoms with Crippen LogP contribution in [0.4, 0.5) is 5.69 Å². The topological polar surface area (TPSA) is 80.3 Å². The summed E-state index contributed by atoms with van der Waals surface area (Å²) >= 11 is 0. The molecule has 2 N–H and O–H groups in total. The molecule has 1 aromatic rings. The third-order valence-electron chi connectivity index (χ3n) is 5.30. The standard InChI is InChI=1S/C20H30N6O2.HI/c1-16(27)25-12-10-24(11-13-25)9-8-22-20(21-2)23-17-14-19(28)26(15-17)18-6-4-3-5-7-18;/h3-7,17H,8-15H2,1-2H3,(H2,21,22,23);1H. The van der Waals surface area contributed by atoms with Gasteiger partial charge in [-0.25, -0.2) is 0 Å². The van der Waals surface area contributed by atoms with Gasteiger partial charge in [-0.15, -0.1) is 24.0 Å². The van der Waals surface area contributed by atoms with Gasteiger partial charge >= 0.3 is 0 Å². The number of rotatable bonds is 5. The Morgan fingerprint density at radius 1 is 1.17 bits per heavy atom. The van der Waals surface area contributed by atoms with Gasteiger partial charge in [-0.1, -0.05) is 18.2 Å². The Morgan fingerprint density at radius 2 is 1.86 bits per heavy atom. The number of aliphatic imine (C=N–C) groups is 1. The van der Waals surface area contributed by atoms with Gasteiger partial charge in [-0.2, -0.15) is 0 Å². The smallest absolute Gasteiger partial charge is 0.229 e. The molecule has 2 amide bonds. The van der Waals surface area contributed by atoms with E-state index in [-0.39, 0.29) is 41.8 Å². The maximum Gasteiger partial charge on any atom is 0.229 e. The summed E-state index contributed by atoms with van der Waals surface area (Å²) < 4.78 is 0. The zero-order valence-electron chi connectivity index (χ0n) is 17.1. The van der Waals surface area contributed by atoms with Crippen LogP contribution in [0, 0.1) is 0 Å². The minimum atomic E-state index is 0. The molecular formula is C20H31IN6O2. The Balaban J connectivity index is 0.00000300. The van der Waals surface area contributed by atoms with Gasteiger partial charge in [0.2, 0.25) is 11.8 Å². The maximum atomic E-state index is 12.3. The minimum Gasteiger partial charge on any atom is -0.355 e. The molecule has 0 saturated carbocycles. The Morgan fingerprint density at radius 3 is 2.48 bits per heavy atom. The number of hydrogen-bond donors (Lipinski definition) is 2. The second kappa shape index (κ2) is 11.3. The van der Waals surface area contributed by atoms with Crippen LogP contribution in [0.5, 0.6) is 0 Å². The van der Waals surface area contributed by atoms with Crippen LogP contribution in [0.1, 0.15) is 13.3 Å². The van der Waals surface area contributed by atoms with Crippen molar-refractivity contribution in [1.82, 2.24) is 20.4 Å². The highest BCUT2D eigenvalue weighted by Crippen LogP contribution is 2.20. The summed E-state index contributed by atoms with van der Waals surface area (Å²) in [5.74, 6) is 0.996. The highest BCUT2D eigenvalue weighted by atomic mass is 127. The maximum absolute atomic E-state index is 12.3. The molecule has 2 aliphatic heterocycles. The Bertz CT molecular complexity index is 706. The molecular weight excluding hydrogens is 483 g/mol. The van der Waals surface area contributed by atoms with Gasteiger partial charge < -0.3 is 20.4 Å². The molecule has 8 nitrogen and oxygen atoms in total. The Labute approximate surface area is 189 Å².